The Bertz CT molecular complexity index is 288. The SMILES string of the molecule is NC1C=C(CCCl)C=CC1(C=O)CCCl. The van der Waals surface area contributed by atoms with Gasteiger partial charge in [-0.1, -0.05) is 18.2 Å². The minimum atomic E-state index is -0.627. The van der Waals surface area contributed by atoms with Crippen molar-refractivity contribution in [1.29, 1.82) is 0 Å². The first kappa shape index (κ1) is 12.8. The van der Waals surface area contributed by atoms with Gasteiger partial charge in [-0.2, -0.15) is 0 Å². The normalized spacial score (nSPS) is 30.1. The number of hydrogen-bond donors (Lipinski definition) is 1. The summed E-state index contributed by atoms with van der Waals surface area (Å²) in [6.45, 7) is 0. The summed E-state index contributed by atoms with van der Waals surface area (Å²) in [5.41, 5.74) is 6.43. The summed E-state index contributed by atoms with van der Waals surface area (Å²) in [6, 6.07) is -0.294. The molecule has 84 valence electrons. The number of carbonyl (C=O) groups is 1. The molecular formula is C11H15Cl2NO. The molecule has 0 bridgehead atoms. The molecule has 4 heteroatoms. The van der Waals surface area contributed by atoms with Gasteiger partial charge in [-0.15, -0.1) is 23.2 Å². The van der Waals surface area contributed by atoms with Crippen molar-refractivity contribution in [3.8, 4) is 0 Å². The number of halogens is 2. The first-order valence-corrected chi connectivity index (χ1v) is 5.99. The minimum absolute atomic E-state index is 0.294. The highest BCUT2D eigenvalue weighted by Gasteiger charge is 2.34. The Morgan fingerprint density at radius 1 is 1.47 bits per heavy atom. The van der Waals surface area contributed by atoms with E-state index in [2.05, 4.69) is 0 Å². The second kappa shape index (κ2) is 5.69. The van der Waals surface area contributed by atoms with Gasteiger partial charge in [-0.05, 0) is 18.4 Å². The van der Waals surface area contributed by atoms with Crippen LogP contribution in [0.15, 0.2) is 23.8 Å². The maximum Gasteiger partial charge on any atom is 0.131 e. The molecule has 0 aromatic carbocycles. The molecular weight excluding hydrogens is 233 g/mol. The summed E-state index contributed by atoms with van der Waals surface area (Å²) in [4.78, 5) is 11.1. The van der Waals surface area contributed by atoms with Gasteiger partial charge in [0.15, 0.2) is 0 Å². The largest absolute Gasteiger partial charge is 0.323 e. The average molecular weight is 248 g/mol. The lowest BCUT2D eigenvalue weighted by Crippen LogP contribution is -2.42. The molecule has 0 saturated heterocycles. The van der Waals surface area contributed by atoms with Crippen LogP contribution >= 0.6 is 23.2 Å². The van der Waals surface area contributed by atoms with Crippen LogP contribution in [-0.4, -0.2) is 24.1 Å². The van der Waals surface area contributed by atoms with Crippen LogP contribution in [0.5, 0.6) is 0 Å². The van der Waals surface area contributed by atoms with Gasteiger partial charge in [0, 0.05) is 17.8 Å². The van der Waals surface area contributed by atoms with Gasteiger partial charge in [-0.3, -0.25) is 0 Å². The smallest absolute Gasteiger partial charge is 0.131 e. The van der Waals surface area contributed by atoms with Crippen molar-refractivity contribution in [3.63, 3.8) is 0 Å². The lowest BCUT2D eigenvalue weighted by atomic mass is 9.75. The van der Waals surface area contributed by atoms with Crippen LogP contribution in [0.4, 0.5) is 0 Å². The molecule has 2 atom stereocenters. The number of allylic oxidation sites excluding steroid dienone is 2. The Labute approximate surface area is 100 Å². The maximum absolute atomic E-state index is 11.1. The molecule has 2 N–H and O–H groups in total. The molecule has 0 aromatic heterocycles. The Hall–Kier alpha value is -0.310. The van der Waals surface area contributed by atoms with E-state index in [0.29, 0.717) is 18.2 Å². The number of alkyl halides is 2. The van der Waals surface area contributed by atoms with Crippen LogP contribution in [0, 0.1) is 5.41 Å². The zero-order valence-corrected chi connectivity index (χ0v) is 9.97. The van der Waals surface area contributed by atoms with E-state index in [9.17, 15) is 4.79 Å². The number of hydrogen-bond acceptors (Lipinski definition) is 2. The van der Waals surface area contributed by atoms with Gasteiger partial charge in [0.2, 0.25) is 0 Å². The van der Waals surface area contributed by atoms with Crippen LogP contribution in [0.1, 0.15) is 12.8 Å². The molecule has 2 unspecified atom stereocenters. The number of rotatable bonds is 5. The van der Waals surface area contributed by atoms with E-state index in [-0.39, 0.29) is 6.04 Å². The zero-order valence-electron chi connectivity index (χ0n) is 8.46. The molecule has 0 aliphatic heterocycles. The second-order valence-corrected chi connectivity index (χ2v) is 4.46. The molecule has 1 rings (SSSR count). The van der Waals surface area contributed by atoms with E-state index in [0.717, 1.165) is 18.3 Å². The quantitative estimate of drug-likeness (QED) is 0.599. The van der Waals surface area contributed by atoms with E-state index in [4.69, 9.17) is 28.9 Å². The molecule has 0 spiro atoms. The van der Waals surface area contributed by atoms with Crippen molar-refractivity contribution in [3.05, 3.63) is 23.8 Å². The fourth-order valence-electron chi connectivity index (χ4n) is 1.68. The Morgan fingerprint density at radius 2 is 2.20 bits per heavy atom. The van der Waals surface area contributed by atoms with Gasteiger partial charge in [0.1, 0.15) is 6.29 Å². The van der Waals surface area contributed by atoms with Crippen LogP contribution in [0.25, 0.3) is 0 Å². The van der Waals surface area contributed by atoms with E-state index in [1.807, 2.05) is 18.2 Å². The Balaban J connectivity index is 2.82. The van der Waals surface area contributed by atoms with Crippen LogP contribution in [0.2, 0.25) is 0 Å². The highest BCUT2D eigenvalue weighted by molar-refractivity contribution is 6.18. The third-order valence-corrected chi connectivity index (χ3v) is 3.13. The van der Waals surface area contributed by atoms with Crippen LogP contribution in [0.3, 0.4) is 0 Å². The number of nitrogens with two attached hydrogens (primary N) is 1. The monoisotopic (exact) mass is 247 g/mol. The molecule has 0 fully saturated rings. The first-order valence-electron chi connectivity index (χ1n) is 4.92. The molecule has 0 amide bonds. The van der Waals surface area contributed by atoms with Gasteiger partial charge < -0.3 is 10.5 Å². The highest BCUT2D eigenvalue weighted by atomic mass is 35.5. The summed E-state index contributed by atoms with van der Waals surface area (Å²) in [5.74, 6) is 0.988. The van der Waals surface area contributed by atoms with E-state index in [1.165, 1.54) is 0 Å². The fraction of sp³-hybridized carbons (Fsp3) is 0.545. The highest BCUT2D eigenvalue weighted by Crippen LogP contribution is 2.31. The predicted molar refractivity (Wildman–Crippen MR) is 64.4 cm³/mol. The topological polar surface area (TPSA) is 43.1 Å². The van der Waals surface area contributed by atoms with Gasteiger partial charge in [0.05, 0.1) is 5.41 Å². The van der Waals surface area contributed by atoms with Crippen molar-refractivity contribution in [2.45, 2.75) is 18.9 Å². The van der Waals surface area contributed by atoms with Crippen molar-refractivity contribution in [2.24, 2.45) is 11.1 Å². The van der Waals surface area contributed by atoms with Gasteiger partial charge in [0.25, 0.3) is 0 Å². The van der Waals surface area contributed by atoms with E-state index < -0.39 is 5.41 Å². The summed E-state index contributed by atoms with van der Waals surface area (Å²) < 4.78 is 0. The molecule has 1 aliphatic rings. The lowest BCUT2D eigenvalue weighted by molar-refractivity contribution is -0.114. The predicted octanol–water partition coefficient (Wildman–Crippen LogP) is 2.25. The first-order chi connectivity index (χ1) is 7.18. The van der Waals surface area contributed by atoms with Crippen molar-refractivity contribution >= 4 is 29.5 Å². The standard InChI is InChI=1S/C11H15Cl2NO/c12-5-2-9-1-3-11(8-15,4-6-13)10(14)7-9/h1,3,7-8,10H,2,4-6,14H2. The number of aldehydes is 1. The summed E-state index contributed by atoms with van der Waals surface area (Å²) >= 11 is 11.3. The zero-order chi connectivity index (χ0) is 11.3. The average Bonchev–Trinajstić information content (AvgIpc) is 2.23. The Kier molecular flexibility index (Phi) is 4.84. The molecule has 1 aliphatic carbocycles. The van der Waals surface area contributed by atoms with Gasteiger partial charge >= 0.3 is 0 Å². The molecule has 0 saturated carbocycles. The number of carbonyl (C=O) groups excluding carboxylic acids is 1. The third-order valence-electron chi connectivity index (χ3n) is 2.75. The van der Waals surface area contributed by atoms with E-state index >= 15 is 0 Å². The van der Waals surface area contributed by atoms with Crippen molar-refractivity contribution < 1.29 is 4.79 Å². The van der Waals surface area contributed by atoms with Crippen molar-refractivity contribution in [2.75, 3.05) is 11.8 Å². The second-order valence-electron chi connectivity index (χ2n) is 3.71. The lowest BCUT2D eigenvalue weighted by Gasteiger charge is -2.31. The fourth-order valence-corrected chi connectivity index (χ4v) is 2.23. The summed E-state index contributed by atoms with van der Waals surface area (Å²) in [6.07, 6.45) is 7.93. The molecule has 0 aromatic rings. The molecule has 0 heterocycles. The summed E-state index contributed by atoms with van der Waals surface area (Å²) in [7, 11) is 0. The third kappa shape index (κ3) is 2.83. The Morgan fingerprint density at radius 3 is 2.67 bits per heavy atom. The summed E-state index contributed by atoms with van der Waals surface area (Å²) in [5, 5.41) is 0. The molecule has 2 nitrogen and oxygen atoms in total. The van der Waals surface area contributed by atoms with E-state index in [1.54, 1.807) is 0 Å². The van der Waals surface area contributed by atoms with Crippen LogP contribution < -0.4 is 5.73 Å². The van der Waals surface area contributed by atoms with Gasteiger partial charge in [-0.25, -0.2) is 0 Å². The maximum atomic E-state index is 11.1. The van der Waals surface area contributed by atoms with Crippen molar-refractivity contribution in [1.82, 2.24) is 0 Å². The molecule has 15 heavy (non-hydrogen) atoms. The minimum Gasteiger partial charge on any atom is -0.323 e. The van der Waals surface area contributed by atoms with Crippen LogP contribution in [-0.2, 0) is 4.79 Å². The molecule has 0 radical (unpaired) electrons.